The zero-order chi connectivity index (χ0) is 14.7. The summed E-state index contributed by atoms with van der Waals surface area (Å²) in [4.78, 5) is 4.75. The molecular weight excluding hydrogens is 262 g/mol. The lowest BCUT2D eigenvalue weighted by molar-refractivity contribution is 0.275. The van der Waals surface area contributed by atoms with Crippen LogP contribution in [0.2, 0.25) is 0 Å². The van der Waals surface area contributed by atoms with E-state index in [4.69, 9.17) is 10.7 Å². The number of imidazole rings is 1. The van der Waals surface area contributed by atoms with Crippen molar-refractivity contribution < 1.29 is 5.11 Å². The number of aromatic nitrogens is 2. The molecule has 0 amide bonds. The number of nitrogens with two attached hydrogens (primary N) is 1. The lowest BCUT2D eigenvalue weighted by atomic mass is 9.98. The number of benzene rings is 2. The molecule has 0 spiro atoms. The fourth-order valence-corrected chi connectivity index (χ4v) is 2.77. The quantitative estimate of drug-likeness (QED) is 0.753. The summed E-state index contributed by atoms with van der Waals surface area (Å²) in [5.41, 5.74) is 9.13. The Balaban J connectivity index is 2.15. The molecule has 0 saturated carbocycles. The van der Waals surface area contributed by atoms with E-state index < -0.39 is 0 Å². The molecule has 108 valence electrons. The molecule has 4 nitrogen and oxygen atoms in total. The first-order valence-electron chi connectivity index (χ1n) is 7.16. The molecule has 0 aliphatic carbocycles. The number of hydrogen-bond donors (Lipinski definition) is 2. The van der Waals surface area contributed by atoms with Crippen molar-refractivity contribution >= 4 is 11.0 Å². The third-order valence-corrected chi connectivity index (χ3v) is 3.76. The lowest BCUT2D eigenvalue weighted by Crippen LogP contribution is -2.19. The molecule has 0 fully saturated rings. The number of para-hydroxylation sites is 2. The minimum Gasteiger partial charge on any atom is -0.395 e. The average molecular weight is 281 g/mol. The fourth-order valence-electron chi connectivity index (χ4n) is 2.77. The predicted molar refractivity (Wildman–Crippen MR) is 84.2 cm³/mol. The molecule has 3 rings (SSSR count). The highest BCUT2D eigenvalue weighted by Crippen LogP contribution is 2.26. The van der Waals surface area contributed by atoms with E-state index in [1.807, 2.05) is 42.5 Å². The van der Waals surface area contributed by atoms with Gasteiger partial charge in [0.05, 0.1) is 23.6 Å². The second kappa shape index (κ2) is 6.08. The van der Waals surface area contributed by atoms with Gasteiger partial charge in [0.25, 0.3) is 0 Å². The van der Waals surface area contributed by atoms with Crippen molar-refractivity contribution in [2.75, 3.05) is 13.2 Å². The summed E-state index contributed by atoms with van der Waals surface area (Å²) in [5, 5.41) is 9.37. The minimum atomic E-state index is 0.0325. The molecule has 1 unspecified atom stereocenters. The van der Waals surface area contributed by atoms with Crippen LogP contribution >= 0.6 is 0 Å². The maximum absolute atomic E-state index is 9.37. The molecule has 0 aliphatic rings. The number of nitrogens with zero attached hydrogens (tertiary/aromatic N) is 2. The van der Waals surface area contributed by atoms with E-state index in [1.165, 1.54) is 0 Å². The van der Waals surface area contributed by atoms with Gasteiger partial charge in [-0.2, -0.15) is 0 Å². The Morgan fingerprint density at radius 2 is 1.76 bits per heavy atom. The van der Waals surface area contributed by atoms with Crippen molar-refractivity contribution in [1.29, 1.82) is 0 Å². The number of fused-ring (bicyclic) bond motifs is 1. The van der Waals surface area contributed by atoms with Crippen LogP contribution in [-0.4, -0.2) is 27.8 Å². The molecule has 1 heterocycles. The highest BCUT2D eigenvalue weighted by atomic mass is 16.3. The highest BCUT2D eigenvalue weighted by Gasteiger charge is 2.20. The zero-order valence-corrected chi connectivity index (χ0v) is 11.8. The van der Waals surface area contributed by atoms with Crippen molar-refractivity contribution in [3.63, 3.8) is 0 Å². The summed E-state index contributed by atoms with van der Waals surface area (Å²) in [7, 11) is 0. The van der Waals surface area contributed by atoms with E-state index in [-0.39, 0.29) is 12.5 Å². The standard InChI is InChI=1S/C17H19N3O/c18-12-14(13-6-2-1-3-7-13)17-19-15-8-4-5-9-16(15)20(17)10-11-21/h1-9,14,21H,10-12,18H2. The summed E-state index contributed by atoms with van der Waals surface area (Å²) >= 11 is 0. The van der Waals surface area contributed by atoms with Gasteiger partial charge >= 0.3 is 0 Å². The highest BCUT2D eigenvalue weighted by molar-refractivity contribution is 5.76. The number of aliphatic hydroxyl groups excluding tert-OH is 1. The normalized spacial score (nSPS) is 12.7. The summed E-state index contributed by atoms with van der Waals surface area (Å²) in [5.74, 6) is 0.948. The van der Waals surface area contributed by atoms with Gasteiger partial charge in [0, 0.05) is 13.1 Å². The largest absolute Gasteiger partial charge is 0.395 e. The summed E-state index contributed by atoms with van der Waals surface area (Å²) < 4.78 is 2.07. The maximum Gasteiger partial charge on any atom is 0.118 e. The maximum atomic E-state index is 9.37. The van der Waals surface area contributed by atoms with E-state index in [0.29, 0.717) is 13.1 Å². The number of rotatable bonds is 5. The summed E-state index contributed by atoms with van der Waals surface area (Å²) in [6, 6.07) is 18.1. The smallest absolute Gasteiger partial charge is 0.118 e. The van der Waals surface area contributed by atoms with Crippen LogP contribution in [0.4, 0.5) is 0 Å². The molecule has 3 aromatic rings. The Labute approximate surface area is 123 Å². The first-order chi connectivity index (χ1) is 10.3. The van der Waals surface area contributed by atoms with Crippen LogP contribution in [0.15, 0.2) is 54.6 Å². The van der Waals surface area contributed by atoms with Crippen LogP contribution in [0.3, 0.4) is 0 Å². The van der Waals surface area contributed by atoms with Gasteiger partial charge in [0.15, 0.2) is 0 Å². The molecule has 0 aliphatic heterocycles. The Bertz CT molecular complexity index is 721. The van der Waals surface area contributed by atoms with Crippen molar-refractivity contribution in [3.05, 3.63) is 66.0 Å². The Kier molecular flexibility index (Phi) is 3.99. The fraction of sp³-hybridized carbons (Fsp3) is 0.235. The molecule has 0 radical (unpaired) electrons. The third-order valence-electron chi connectivity index (χ3n) is 3.76. The molecule has 2 aromatic carbocycles. The zero-order valence-electron chi connectivity index (χ0n) is 11.8. The van der Waals surface area contributed by atoms with Crippen LogP contribution in [0, 0.1) is 0 Å². The number of aliphatic hydroxyl groups is 1. The Hall–Kier alpha value is -2.17. The van der Waals surface area contributed by atoms with Gasteiger partial charge in [-0.3, -0.25) is 0 Å². The monoisotopic (exact) mass is 281 g/mol. The molecule has 21 heavy (non-hydrogen) atoms. The van der Waals surface area contributed by atoms with Crippen molar-refractivity contribution in [2.24, 2.45) is 5.73 Å². The first kappa shape index (κ1) is 13.8. The van der Waals surface area contributed by atoms with E-state index in [2.05, 4.69) is 16.7 Å². The van der Waals surface area contributed by atoms with Gasteiger partial charge in [-0.15, -0.1) is 0 Å². The Morgan fingerprint density at radius 3 is 2.48 bits per heavy atom. The summed E-state index contributed by atoms with van der Waals surface area (Å²) in [6.07, 6.45) is 0. The number of hydrogen-bond acceptors (Lipinski definition) is 3. The summed E-state index contributed by atoms with van der Waals surface area (Å²) in [6.45, 7) is 1.09. The average Bonchev–Trinajstić information content (AvgIpc) is 2.89. The van der Waals surface area contributed by atoms with Crippen LogP contribution < -0.4 is 5.73 Å². The molecular formula is C17H19N3O. The van der Waals surface area contributed by atoms with E-state index in [9.17, 15) is 5.11 Å². The first-order valence-corrected chi connectivity index (χ1v) is 7.16. The molecule has 3 N–H and O–H groups in total. The van der Waals surface area contributed by atoms with E-state index >= 15 is 0 Å². The van der Waals surface area contributed by atoms with Gasteiger partial charge in [-0.1, -0.05) is 42.5 Å². The molecule has 0 bridgehead atoms. The molecule has 0 saturated heterocycles. The molecule has 1 aromatic heterocycles. The van der Waals surface area contributed by atoms with Crippen molar-refractivity contribution in [2.45, 2.75) is 12.5 Å². The van der Waals surface area contributed by atoms with Gasteiger partial charge in [-0.05, 0) is 17.7 Å². The van der Waals surface area contributed by atoms with Crippen molar-refractivity contribution in [1.82, 2.24) is 9.55 Å². The minimum absolute atomic E-state index is 0.0325. The van der Waals surface area contributed by atoms with E-state index in [0.717, 1.165) is 22.4 Å². The van der Waals surface area contributed by atoms with Crippen LogP contribution in [0.1, 0.15) is 17.3 Å². The Morgan fingerprint density at radius 1 is 1.05 bits per heavy atom. The van der Waals surface area contributed by atoms with Crippen LogP contribution in [0.5, 0.6) is 0 Å². The molecule has 4 heteroatoms. The van der Waals surface area contributed by atoms with Gasteiger partial charge in [0.2, 0.25) is 0 Å². The third kappa shape index (κ3) is 2.55. The van der Waals surface area contributed by atoms with Gasteiger partial charge < -0.3 is 15.4 Å². The second-order valence-corrected chi connectivity index (χ2v) is 5.03. The van der Waals surface area contributed by atoms with Gasteiger partial charge in [-0.25, -0.2) is 4.98 Å². The predicted octanol–water partition coefficient (Wildman–Crippen LogP) is 2.12. The van der Waals surface area contributed by atoms with E-state index in [1.54, 1.807) is 0 Å². The van der Waals surface area contributed by atoms with Crippen LogP contribution in [-0.2, 0) is 6.54 Å². The second-order valence-electron chi connectivity index (χ2n) is 5.03. The lowest BCUT2D eigenvalue weighted by Gasteiger charge is -2.17. The van der Waals surface area contributed by atoms with Gasteiger partial charge in [0.1, 0.15) is 5.82 Å². The molecule has 1 atom stereocenters. The topological polar surface area (TPSA) is 64.1 Å². The SMILES string of the molecule is NCC(c1ccccc1)c1nc2ccccc2n1CCO. The van der Waals surface area contributed by atoms with Crippen LogP contribution in [0.25, 0.3) is 11.0 Å². The van der Waals surface area contributed by atoms with Crippen molar-refractivity contribution in [3.8, 4) is 0 Å².